The Hall–Kier alpha value is -3.47. The number of methoxy groups -OCH3 is 2. The molecule has 0 atom stereocenters. The number of ether oxygens (including phenoxy) is 3. The molecule has 2 aromatic carbocycles. The summed E-state index contributed by atoms with van der Waals surface area (Å²) in [4.78, 5) is 17.3. The second kappa shape index (κ2) is 7.27. The first-order valence-corrected chi connectivity index (χ1v) is 7.79. The summed E-state index contributed by atoms with van der Waals surface area (Å²) in [7, 11) is 2.84. The van der Waals surface area contributed by atoms with Crippen molar-refractivity contribution >= 4 is 16.9 Å². The van der Waals surface area contributed by atoms with Crippen molar-refractivity contribution in [2.24, 2.45) is 5.84 Å². The molecular weight excluding hydrogens is 381 g/mol. The molecule has 3 aromatic rings. The van der Waals surface area contributed by atoms with Crippen molar-refractivity contribution in [2.75, 3.05) is 19.6 Å². The smallest absolute Gasteiger partial charge is 0.493 e. The standard InChI is InChI=1S/C17H15F3N4O4/c1-26-13-7-11-12(8-14(13)27-2)22-16(23-21)24(15(11)25)9-4-3-5-10(6-9)28-17(18,19)20/h3-8H,21H2,1-2H3,(H,22,23). The van der Waals surface area contributed by atoms with Crippen LogP contribution in [0.4, 0.5) is 19.1 Å². The van der Waals surface area contributed by atoms with Crippen molar-refractivity contribution in [2.45, 2.75) is 6.36 Å². The van der Waals surface area contributed by atoms with E-state index < -0.39 is 17.7 Å². The van der Waals surface area contributed by atoms with Crippen molar-refractivity contribution in [1.82, 2.24) is 9.55 Å². The monoisotopic (exact) mass is 396 g/mol. The largest absolute Gasteiger partial charge is 0.573 e. The minimum Gasteiger partial charge on any atom is -0.493 e. The number of aromatic nitrogens is 2. The highest BCUT2D eigenvalue weighted by molar-refractivity contribution is 5.83. The van der Waals surface area contributed by atoms with E-state index in [1.807, 2.05) is 0 Å². The van der Waals surface area contributed by atoms with Gasteiger partial charge in [-0.25, -0.2) is 15.4 Å². The summed E-state index contributed by atoms with van der Waals surface area (Å²) in [6.07, 6.45) is -4.87. The normalized spacial score (nSPS) is 11.4. The fourth-order valence-electron chi connectivity index (χ4n) is 2.67. The molecule has 0 spiro atoms. The number of rotatable bonds is 5. The average molecular weight is 396 g/mol. The lowest BCUT2D eigenvalue weighted by molar-refractivity contribution is -0.274. The van der Waals surface area contributed by atoms with Gasteiger partial charge in [-0.2, -0.15) is 0 Å². The van der Waals surface area contributed by atoms with E-state index in [1.54, 1.807) is 0 Å². The molecule has 1 aromatic heterocycles. The lowest BCUT2D eigenvalue weighted by atomic mass is 10.2. The predicted molar refractivity (Wildman–Crippen MR) is 94.9 cm³/mol. The number of alkyl halides is 3. The molecular formula is C17H15F3N4O4. The van der Waals surface area contributed by atoms with Gasteiger partial charge in [-0.05, 0) is 18.2 Å². The summed E-state index contributed by atoms with van der Waals surface area (Å²) in [5.74, 6) is 5.54. The molecule has 0 amide bonds. The van der Waals surface area contributed by atoms with E-state index in [2.05, 4.69) is 15.1 Å². The Bertz CT molecular complexity index is 1080. The molecule has 0 saturated carbocycles. The Labute approximate surface area is 156 Å². The highest BCUT2D eigenvalue weighted by Gasteiger charge is 2.31. The van der Waals surface area contributed by atoms with E-state index in [1.165, 1.54) is 38.5 Å². The Morgan fingerprint density at radius 1 is 1.11 bits per heavy atom. The number of nitrogens with one attached hydrogen (secondary N) is 1. The van der Waals surface area contributed by atoms with Gasteiger partial charge >= 0.3 is 6.36 Å². The number of nitrogens with zero attached hydrogens (tertiary/aromatic N) is 2. The van der Waals surface area contributed by atoms with Crippen molar-refractivity contribution in [3.63, 3.8) is 0 Å². The second-order valence-corrected chi connectivity index (χ2v) is 5.49. The van der Waals surface area contributed by atoms with Crippen molar-refractivity contribution in [3.05, 3.63) is 46.8 Å². The van der Waals surface area contributed by atoms with Crippen LogP contribution in [0.5, 0.6) is 17.2 Å². The van der Waals surface area contributed by atoms with E-state index in [0.29, 0.717) is 11.5 Å². The van der Waals surface area contributed by atoms with Crippen LogP contribution in [0.3, 0.4) is 0 Å². The lowest BCUT2D eigenvalue weighted by Gasteiger charge is -2.15. The fraction of sp³-hybridized carbons (Fsp3) is 0.176. The summed E-state index contributed by atoms with van der Waals surface area (Å²) in [6.45, 7) is 0. The molecule has 148 valence electrons. The van der Waals surface area contributed by atoms with E-state index in [9.17, 15) is 18.0 Å². The van der Waals surface area contributed by atoms with Gasteiger partial charge in [0, 0.05) is 12.1 Å². The van der Waals surface area contributed by atoms with Gasteiger partial charge in [-0.3, -0.25) is 10.2 Å². The molecule has 0 saturated heterocycles. The number of fused-ring (bicyclic) bond motifs is 1. The molecule has 0 bridgehead atoms. The molecule has 11 heteroatoms. The summed E-state index contributed by atoms with van der Waals surface area (Å²) < 4.78 is 52.8. The maximum atomic E-state index is 13.0. The van der Waals surface area contributed by atoms with Crippen LogP contribution in [0.1, 0.15) is 0 Å². The molecule has 28 heavy (non-hydrogen) atoms. The zero-order valence-electron chi connectivity index (χ0n) is 14.7. The lowest BCUT2D eigenvalue weighted by Crippen LogP contribution is -2.26. The van der Waals surface area contributed by atoms with Crippen LogP contribution >= 0.6 is 0 Å². The number of anilines is 1. The molecule has 3 rings (SSSR count). The Morgan fingerprint density at radius 3 is 2.39 bits per heavy atom. The molecule has 8 nitrogen and oxygen atoms in total. The SMILES string of the molecule is COc1cc2nc(NN)n(-c3cccc(OC(F)(F)F)c3)c(=O)c2cc1OC. The van der Waals surface area contributed by atoms with Crippen LogP contribution in [0, 0.1) is 0 Å². The summed E-state index contributed by atoms with van der Waals surface area (Å²) in [5.41, 5.74) is 2.03. The van der Waals surface area contributed by atoms with Crippen LogP contribution in [0.2, 0.25) is 0 Å². The third-order valence-electron chi connectivity index (χ3n) is 3.81. The Balaban J connectivity index is 2.25. The zero-order chi connectivity index (χ0) is 20.5. The van der Waals surface area contributed by atoms with Crippen LogP contribution in [-0.4, -0.2) is 30.1 Å². The van der Waals surface area contributed by atoms with Gasteiger partial charge in [0.2, 0.25) is 5.95 Å². The highest BCUT2D eigenvalue weighted by atomic mass is 19.4. The number of hydrogen-bond acceptors (Lipinski definition) is 7. The number of nitrogen functional groups attached to an aromatic ring is 1. The highest BCUT2D eigenvalue weighted by Crippen LogP contribution is 2.31. The number of nitrogens with two attached hydrogens (primary N) is 1. The van der Waals surface area contributed by atoms with Gasteiger partial charge in [-0.15, -0.1) is 13.2 Å². The van der Waals surface area contributed by atoms with Gasteiger partial charge in [0.1, 0.15) is 5.75 Å². The molecule has 3 N–H and O–H groups in total. The first-order chi connectivity index (χ1) is 13.3. The quantitative estimate of drug-likeness (QED) is 0.505. The zero-order valence-corrected chi connectivity index (χ0v) is 14.7. The summed E-state index contributed by atoms with van der Waals surface area (Å²) >= 11 is 0. The van der Waals surface area contributed by atoms with Gasteiger partial charge < -0.3 is 14.2 Å². The maximum Gasteiger partial charge on any atom is 0.573 e. The average Bonchev–Trinajstić information content (AvgIpc) is 2.65. The van der Waals surface area contributed by atoms with E-state index in [4.69, 9.17) is 15.3 Å². The third-order valence-corrected chi connectivity index (χ3v) is 3.81. The van der Waals surface area contributed by atoms with Crippen LogP contribution in [0.25, 0.3) is 16.6 Å². The minimum atomic E-state index is -4.87. The van der Waals surface area contributed by atoms with Gasteiger partial charge in [0.05, 0.1) is 30.8 Å². The van der Waals surface area contributed by atoms with Crippen LogP contribution in [-0.2, 0) is 0 Å². The number of halogens is 3. The topological polar surface area (TPSA) is 101 Å². The summed E-state index contributed by atoms with van der Waals surface area (Å²) in [6, 6.07) is 7.80. The molecule has 0 radical (unpaired) electrons. The first-order valence-electron chi connectivity index (χ1n) is 7.79. The van der Waals surface area contributed by atoms with Crippen LogP contribution in [0.15, 0.2) is 41.2 Å². The molecule has 0 fully saturated rings. The Morgan fingerprint density at radius 2 is 1.79 bits per heavy atom. The molecule has 0 aliphatic heterocycles. The number of benzene rings is 2. The van der Waals surface area contributed by atoms with E-state index in [0.717, 1.165) is 16.7 Å². The third kappa shape index (κ3) is 3.64. The van der Waals surface area contributed by atoms with Crippen LogP contribution < -0.4 is 31.0 Å². The fourth-order valence-corrected chi connectivity index (χ4v) is 2.67. The van der Waals surface area contributed by atoms with E-state index in [-0.39, 0.29) is 22.5 Å². The van der Waals surface area contributed by atoms with Crippen molar-refractivity contribution in [3.8, 4) is 22.9 Å². The Kier molecular flexibility index (Phi) is 5.01. The van der Waals surface area contributed by atoms with E-state index >= 15 is 0 Å². The predicted octanol–water partition coefficient (Wildman–Crippen LogP) is 2.59. The van der Waals surface area contributed by atoms with Gasteiger partial charge in [0.25, 0.3) is 5.56 Å². The number of hydrogen-bond donors (Lipinski definition) is 2. The molecule has 0 aliphatic carbocycles. The number of hydrazine groups is 1. The second-order valence-electron chi connectivity index (χ2n) is 5.49. The molecule has 0 aliphatic rings. The summed E-state index contributed by atoms with van der Waals surface area (Å²) in [5, 5.41) is 0.152. The molecule has 0 unspecified atom stereocenters. The van der Waals surface area contributed by atoms with Gasteiger partial charge in [-0.1, -0.05) is 6.07 Å². The van der Waals surface area contributed by atoms with Crippen molar-refractivity contribution < 1.29 is 27.4 Å². The molecule has 1 heterocycles. The van der Waals surface area contributed by atoms with Gasteiger partial charge in [0.15, 0.2) is 11.5 Å². The minimum absolute atomic E-state index is 0.0730. The first kappa shape index (κ1) is 19.3. The van der Waals surface area contributed by atoms with Crippen molar-refractivity contribution in [1.29, 1.82) is 0 Å². The maximum absolute atomic E-state index is 13.0.